The highest BCUT2D eigenvalue weighted by Crippen LogP contribution is 1.97. The lowest BCUT2D eigenvalue weighted by Crippen LogP contribution is -2.46. The third kappa shape index (κ3) is 6.06. The molecule has 0 spiro atoms. The molecule has 0 aliphatic heterocycles. The molecule has 17 heavy (non-hydrogen) atoms. The normalized spacial score (nSPS) is 13.4. The lowest BCUT2D eigenvalue weighted by atomic mass is 10.1. The predicted molar refractivity (Wildman–Crippen MR) is 67.6 cm³/mol. The van der Waals surface area contributed by atoms with E-state index in [9.17, 15) is 4.79 Å². The number of carbonyl (C=O) groups is 1. The van der Waals surface area contributed by atoms with E-state index in [1.165, 1.54) is 0 Å². The minimum Gasteiger partial charge on any atom is -0.350 e. The molecule has 0 aliphatic rings. The molecule has 0 fully saturated rings. The average Bonchev–Trinajstić information content (AvgIpc) is 2.64. The quantitative estimate of drug-likeness (QED) is 0.797. The van der Waals surface area contributed by atoms with Gasteiger partial charge in [-0.15, -0.1) is 0 Å². The summed E-state index contributed by atoms with van der Waals surface area (Å²) in [5, 5.41) is 6.10. The summed E-state index contributed by atoms with van der Waals surface area (Å²) in [6, 6.07) is 0.231. The number of rotatable bonds is 5. The summed E-state index contributed by atoms with van der Waals surface area (Å²) in [4.78, 5) is 15.5. The zero-order valence-corrected chi connectivity index (χ0v) is 11.0. The molecule has 1 aromatic rings. The summed E-state index contributed by atoms with van der Waals surface area (Å²) >= 11 is 0. The van der Waals surface area contributed by atoms with Gasteiger partial charge in [-0.2, -0.15) is 0 Å². The average molecular weight is 238 g/mol. The van der Waals surface area contributed by atoms with Crippen LogP contribution in [-0.4, -0.2) is 33.6 Å². The summed E-state index contributed by atoms with van der Waals surface area (Å²) in [5.41, 5.74) is -0.174. The third-order valence-electron chi connectivity index (χ3n) is 2.17. The number of hydrogen-bond acceptors (Lipinski definition) is 3. The van der Waals surface area contributed by atoms with E-state index in [1.54, 1.807) is 12.5 Å². The number of aromatic nitrogens is 2. The van der Waals surface area contributed by atoms with Gasteiger partial charge in [0.25, 0.3) is 0 Å². The van der Waals surface area contributed by atoms with E-state index in [0.29, 0.717) is 6.54 Å². The summed E-state index contributed by atoms with van der Waals surface area (Å²) < 4.78 is 1.99. The van der Waals surface area contributed by atoms with Gasteiger partial charge >= 0.3 is 0 Å². The maximum atomic E-state index is 11.6. The first-order valence-electron chi connectivity index (χ1n) is 5.87. The van der Waals surface area contributed by atoms with Gasteiger partial charge in [-0.05, 0) is 27.7 Å². The Balaban J connectivity index is 2.24. The van der Waals surface area contributed by atoms with Crippen LogP contribution in [0.5, 0.6) is 0 Å². The number of carbonyl (C=O) groups excluding carboxylic acids is 1. The van der Waals surface area contributed by atoms with Gasteiger partial charge in [0.2, 0.25) is 5.91 Å². The van der Waals surface area contributed by atoms with Crippen molar-refractivity contribution in [2.45, 2.75) is 45.8 Å². The SMILES string of the molecule is CC(Cn1ccnc1)NCC(=O)NC(C)(C)C. The molecule has 1 heterocycles. The Bertz CT molecular complexity index is 340. The minimum absolute atomic E-state index is 0.0231. The number of imidazole rings is 1. The van der Waals surface area contributed by atoms with Gasteiger partial charge in [0.05, 0.1) is 12.9 Å². The molecule has 1 rings (SSSR count). The first-order chi connectivity index (χ1) is 7.87. The molecule has 1 amide bonds. The molecule has 0 saturated heterocycles. The summed E-state index contributed by atoms with van der Waals surface area (Å²) in [5.74, 6) is 0.0231. The van der Waals surface area contributed by atoms with Crippen LogP contribution >= 0.6 is 0 Å². The summed E-state index contributed by atoms with van der Waals surface area (Å²) in [6.45, 7) is 9.11. The number of nitrogens with one attached hydrogen (secondary N) is 2. The zero-order chi connectivity index (χ0) is 12.9. The van der Waals surface area contributed by atoms with Crippen molar-refractivity contribution in [1.29, 1.82) is 0 Å². The molecule has 0 aromatic carbocycles. The minimum atomic E-state index is -0.174. The Morgan fingerprint density at radius 3 is 2.71 bits per heavy atom. The van der Waals surface area contributed by atoms with Crippen LogP contribution in [0.15, 0.2) is 18.7 Å². The second-order valence-electron chi connectivity index (χ2n) is 5.34. The van der Waals surface area contributed by atoms with Crippen LogP contribution < -0.4 is 10.6 Å². The van der Waals surface area contributed by atoms with Gasteiger partial charge in [-0.3, -0.25) is 4.79 Å². The van der Waals surface area contributed by atoms with Crippen LogP contribution in [0.25, 0.3) is 0 Å². The highest BCUT2D eigenvalue weighted by Gasteiger charge is 2.13. The third-order valence-corrected chi connectivity index (χ3v) is 2.17. The first kappa shape index (κ1) is 13.7. The van der Waals surface area contributed by atoms with E-state index < -0.39 is 0 Å². The van der Waals surface area contributed by atoms with Crippen molar-refractivity contribution in [3.63, 3.8) is 0 Å². The van der Waals surface area contributed by atoms with Crippen LogP contribution in [0.4, 0.5) is 0 Å². The van der Waals surface area contributed by atoms with E-state index in [-0.39, 0.29) is 17.5 Å². The van der Waals surface area contributed by atoms with Crippen molar-refractivity contribution in [2.75, 3.05) is 6.54 Å². The van der Waals surface area contributed by atoms with Gasteiger partial charge in [0.15, 0.2) is 0 Å². The van der Waals surface area contributed by atoms with E-state index in [1.807, 2.05) is 38.5 Å². The van der Waals surface area contributed by atoms with Gasteiger partial charge in [-0.1, -0.05) is 0 Å². The number of hydrogen-bond donors (Lipinski definition) is 2. The second kappa shape index (κ2) is 5.82. The molecular formula is C12H22N4O. The molecule has 5 nitrogen and oxygen atoms in total. The first-order valence-corrected chi connectivity index (χ1v) is 5.87. The maximum Gasteiger partial charge on any atom is 0.234 e. The van der Waals surface area contributed by atoms with Crippen molar-refractivity contribution in [3.05, 3.63) is 18.7 Å². The van der Waals surface area contributed by atoms with E-state index in [4.69, 9.17) is 0 Å². The van der Waals surface area contributed by atoms with Crippen molar-refractivity contribution >= 4 is 5.91 Å². The van der Waals surface area contributed by atoms with Crippen molar-refractivity contribution in [3.8, 4) is 0 Å². The van der Waals surface area contributed by atoms with Gasteiger partial charge in [-0.25, -0.2) is 4.98 Å². The summed E-state index contributed by atoms with van der Waals surface area (Å²) in [7, 11) is 0. The van der Waals surface area contributed by atoms with Crippen LogP contribution in [0.3, 0.4) is 0 Å². The number of nitrogens with zero attached hydrogens (tertiary/aromatic N) is 2. The van der Waals surface area contributed by atoms with Crippen LogP contribution in [0, 0.1) is 0 Å². The standard InChI is InChI=1S/C12H22N4O/c1-10(8-16-6-5-13-9-16)14-7-11(17)15-12(2,3)4/h5-6,9-10,14H,7-8H2,1-4H3,(H,15,17). The smallest absolute Gasteiger partial charge is 0.234 e. The molecule has 1 unspecified atom stereocenters. The topological polar surface area (TPSA) is 59.0 Å². The van der Waals surface area contributed by atoms with Crippen LogP contribution in [0.1, 0.15) is 27.7 Å². The monoisotopic (exact) mass is 238 g/mol. The maximum absolute atomic E-state index is 11.6. The van der Waals surface area contributed by atoms with Crippen LogP contribution in [-0.2, 0) is 11.3 Å². The van der Waals surface area contributed by atoms with Crippen molar-refractivity contribution in [1.82, 2.24) is 20.2 Å². The molecule has 5 heteroatoms. The fraction of sp³-hybridized carbons (Fsp3) is 0.667. The largest absolute Gasteiger partial charge is 0.350 e. The summed E-state index contributed by atoms with van der Waals surface area (Å²) in [6.07, 6.45) is 5.43. The number of amides is 1. The molecule has 96 valence electrons. The molecule has 2 N–H and O–H groups in total. The molecular weight excluding hydrogens is 216 g/mol. The Morgan fingerprint density at radius 1 is 1.47 bits per heavy atom. The van der Waals surface area contributed by atoms with Crippen LogP contribution in [0.2, 0.25) is 0 Å². The highest BCUT2D eigenvalue weighted by molar-refractivity contribution is 5.78. The van der Waals surface area contributed by atoms with Gasteiger partial charge in [0.1, 0.15) is 0 Å². The lowest BCUT2D eigenvalue weighted by molar-refractivity contribution is -0.121. The lowest BCUT2D eigenvalue weighted by Gasteiger charge is -2.21. The van der Waals surface area contributed by atoms with Gasteiger partial charge < -0.3 is 15.2 Å². The molecule has 0 radical (unpaired) electrons. The molecule has 0 bridgehead atoms. The molecule has 0 aliphatic carbocycles. The zero-order valence-electron chi connectivity index (χ0n) is 11.0. The van der Waals surface area contributed by atoms with Gasteiger partial charge in [0, 0.05) is 30.5 Å². The molecule has 0 saturated carbocycles. The molecule has 1 atom stereocenters. The van der Waals surface area contributed by atoms with E-state index in [2.05, 4.69) is 15.6 Å². The van der Waals surface area contributed by atoms with E-state index in [0.717, 1.165) is 6.54 Å². The Hall–Kier alpha value is -1.36. The molecule has 1 aromatic heterocycles. The fourth-order valence-electron chi connectivity index (χ4n) is 1.50. The highest BCUT2D eigenvalue weighted by atomic mass is 16.2. The Kier molecular flexibility index (Phi) is 4.69. The second-order valence-corrected chi connectivity index (χ2v) is 5.34. The predicted octanol–water partition coefficient (Wildman–Crippen LogP) is 0.776. The van der Waals surface area contributed by atoms with E-state index >= 15 is 0 Å². The Labute approximate surface area is 103 Å². The van der Waals surface area contributed by atoms with Crippen molar-refractivity contribution < 1.29 is 4.79 Å². The van der Waals surface area contributed by atoms with Crippen molar-refractivity contribution in [2.24, 2.45) is 0 Å². The fourth-order valence-corrected chi connectivity index (χ4v) is 1.50. The Morgan fingerprint density at radius 2 is 2.18 bits per heavy atom.